The van der Waals surface area contributed by atoms with Gasteiger partial charge in [-0.05, 0) is 35.9 Å². The molecular weight excluding hydrogens is 220 g/mol. The van der Waals surface area contributed by atoms with Gasteiger partial charge in [0.1, 0.15) is 0 Å². The molecule has 5 heteroatoms. The molecule has 2 aromatic heterocycles. The van der Waals surface area contributed by atoms with Crippen molar-refractivity contribution in [3.8, 4) is 0 Å². The van der Waals surface area contributed by atoms with E-state index in [1.165, 1.54) is 11.8 Å². The summed E-state index contributed by atoms with van der Waals surface area (Å²) in [5.41, 5.74) is 7.76. The molecule has 0 atom stereocenters. The van der Waals surface area contributed by atoms with Crippen LogP contribution >= 0.6 is 11.8 Å². The number of rotatable bonds is 3. The van der Waals surface area contributed by atoms with E-state index in [4.69, 9.17) is 5.73 Å². The molecule has 0 fully saturated rings. The van der Waals surface area contributed by atoms with Gasteiger partial charge in [0.2, 0.25) is 0 Å². The highest BCUT2D eigenvalue weighted by Crippen LogP contribution is 2.26. The Balaban J connectivity index is 2.23. The van der Waals surface area contributed by atoms with E-state index in [-0.39, 0.29) is 0 Å². The van der Waals surface area contributed by atoms with E-state index in [2.05, 4.69) is 15.0 Å². The number of hydrogen-bond acceptors (Lipinski definition) is 5. The standard InChI is InChI=1S/C11H12N4S/c1-8-5-14-11(15-6-8)16-10-7-13-3-2-9(10)4-12/h2-3,5-7H,4,12H2,1H3. The molecule has 2 N–H and O–H groups in total. The van der Waals surface area contributed by atoms with E-state index in [9.17, 15) is 0 Å². The molecule has 0 radical (unpaired) electrons. The molecule has 0 saturated carbocycles. The van der Waals surface area contributed by atoms with Gasteiger partial charge in [-0.1, -0.05) is 0 Å². The second kappa shape index (κ2) is 5.05. The third kappa shape index (κ3) is 2.56. The SMILES string of the molecule is Cc1cnc(Sc2cnccc2CN)nc1. The van der Waals surface area contributed by atoms with Crippen molar-refractivity contribution in [2.45, 2.75) is 23.5 Å². The molecule has 2 rings (SSSR count). The van der Waals surface area contributed by atoms with E-state index in [0.717, 1.165) is 16.0 Å². The summed E-state index contributed by atoms with van der Waals surface area (Å²) in [6.07, 6.45) is 7.12. The van der Waals surface area contributed by atoms with Crippen molar-refractivity contribution < 1.29 is 0 Å². The van der Waals surface area contributed by atoms with Crippen LogP contribution in [0.25, 0.3) is 0 Å². The van der Waals surface area contributed by atoms with Crippen LogP contribution in [0.1, 0.15) is 11.1 Å². The molecular formula is C11H12N4S. The van der Waals surface area contributed by atoms with Gasteiger partial charge in [-0.15, -0.1) is 0 Å². The first-order chi connectivity index (χ1) is 7.79. The largest absolute Gasteiger partial charge is 0.326 e. The number of nitrogens with two attached hydrogens (primary N) is 1. The first-order valence-corrected chi connectivity index (χ1v) is 5.70. The minimum Gasteiger partial charge on any atom is -0.326 e. The van der Waals surface area contributed by atoms with Crippen molar-refractivity contribution >= 4 is 11.8 Å². The van der Waals surface area contributed by atoms with Gasteiger partial charge < -0.3 is 5.73 Å². The smallest absolute Gasteiger partial charge is 0.192 e. The average molecular weight is 232 g/mol. The molecule has 0 aromatic carbocycles. The second-order valence-corrected chi connectivity index (χ2v) is 4.34. The fourth-order valence-electron chi connectivity index (χ4n) is 1.20. The lowest BCUT2D eigenvalue weighted by Crippen LogP contribution is -1.99. The Bertz CT molecular complexity index is 470. The van der Waals surface area contributed by atoms with Gasteiger partial charge in [-0.3, -0.25) is 4.98 Å². The second-order valence-electron chi connectivity index (χ2n) is 3.33. The maximum atomic E-state index is 5.65. The highest BCUT2D eigenvalue weighted by atomic mass is 32.2. The third-order valence-corrected chi connectivity index (χ3v) is 3.03. The number of nitrogens with zero attached hydrogens (tertiary/aromatic N) is 3. The molecule has 16 heavy (non-hydrogen) atoms. The number of pyridine rings is 1. The lowest BCUT2D eigenvalue weighted by molar-refractivity contribution is 0.942. The molecule has 2 aromatic rings. The number of aryl methyl sites for hydroxylation is 1. The van der Waals surface area contributed by atoms with Gasteiger partial charge in [-0.25, -0.2) is 9.97 Å². The Morgan fingerprint density at radius 2 is 2.00 bits per heavy atom. The number of hydrogen-bond donors (Lipinski definition) is 1. The summed E-state index contributed by atoms with van der Waals surface area (Å²) in [6, 6.07) is 1.91. The molecule has 82 valence electrons. The van der Waals surface area contributed by atoms with E-state index in [1.54, 1.807) is 24.8 Å². The summed E-state index contributed by atoms with van der Waals surface area (Å²) in [6.45, 7) is 2.46. The highest BCUT2D eigenvalue weighted by molar-refractivity contribution is 7.99. The zero-order chi connectivity index (χ0) is 11.4. The zero-order valence-corrected chi connectivity index (χ0v) is 9.74. The van der Waals surface area contributed by atoms with E-state index in [0.29, 0.717) is 11.7 Å². The quantitative estimate of drug-likeness (QED) is 0.817. The summed E-state index contributed by atoms with van der Waals surface area (Å²) in [7, 11) is 0. The van der Waals surface area contributed by atoms with Gasteiger partial charge in [-0.2, -0.15) is 0 Å². The Kier molecular flexibility index (Phi) is 3.48. The van der Waals surface area contributed by atoms with E-state index in [1.807, 2.05) is 13.0 Å². The van der Waals surface area contributed by atoms with Crippen molar-refractivity contribution in [1.29, 1.82) is 0 Å². The summed E-state index contributed by atoms with van der Waals surface area (Å²) in [5, 5.41) is 0.716. The molecule has 0 unspecified atom stereocenters. The van der Waals surface area contributed by atoms with Gasteiger partial charge in [0.05, 0.1) is 0 Å². The first-order valence-electron chi connectivity index (χ1n) is 4.89. The van der Waals surface area contributed by atoms with Gasteiger partial charge in [0.15, 0.2) is 5.16 Å². The minimum absolute atomic E-state index is 0.497. The van der Waals surface area contributed by atoms with Crippen LogP contribution in [0.3, 0.4) is 0 Å². The van der Waals surface area contributed by atoms with Crippen molar-refractivity contribution in [3.63, 3.8) is 0 Å². The average Bonchev–Trinajstić information content (AvgIpc) is 2.33. The van der Waals surface area contributed by atoms with Crippen LogP contribution in [0.15, 0.2) is 40.9 Å². The van der Waals surface area contributed by atoms with Crippen LogP contribution in [0.2, 0.25) is 0 Å². The van der Waals surface area contributed by atoms with E-state index >= 15 is 0 Å². The molecule has 2 heterocycles. The van der Waals surface area contributed by atoms with Gasteiger partial charge >= 0.3 is 0 Å². The lowest BCUT2D eigenvalue weighted by Gasteiger charge is -2.04. The Hall–Kier alpha value is -1.46. The highest BCUT2D eigenvalue weighted by Gasteiger charge is 2.04. The normalized spacial score (nSPS) is 10.4. The van der Waals surface area contributed by atoms with Crippen molar-refractivity contribution in [2.75, 3.05) is 0 Å². The van der Waals surface area contributed by atoms with Crippen LogP contribution in [0.5, 0.6) is 0 Å². The zero-order valence-electron chi connectivity index (χ0n) is 8.92. The van der Waals surface area contributed by atoms with Crippen molar-refractivity contribution in [1.82, 2.24) is 15.0 Å². The van der Waals surface area contributed by atoms with Gasteiger partial charge in [0.25, 0.3) is 0 Å². The Labute approximate surface area is 98.3 Å². The molecule has 0 aliphatic rings. The summed E-state index contributed by atoms with van der Waals surface area (Å²) >= 11 is 1.48. The predicted octanol–water partition coefficient (Wildman–Crippen LogP) is 1.79. The molecule has 0 amide bonds. The monoisotopic (exact) mass is 232 g/mol. The van der Waals surface area contributed by atoms with Crippen LogP contribution in [-0.4, -0.2) is 15.0 Å². The first kappa shape index (κ1) is 11.0. The molecule has 0 aliphatic carbocycles. The lowest BCUT2D eigenvalue weighted by atomic mass is 10.3. The fourth-order valence-corrected chi connectivity index (χ4v) is 2.00. The van der Waals surface area contributed by atoms with Crippen LogP contribution in [-0.2, 0) is 6.54 Å². The van der Waals surface area contributed by atoms with Crippen LogP contribution < -0.4 is 5.73 Å². The van der Waals surface area contributed by atoms with Crippen LogP contribution in [0.4, 0.5) is 0 Å². The molecule has 0 bridgehead atoms. The number of aromatic nitrogens is 3. The summed E-state index contributed by atoms with van der Waals surface area (Å²) in [5.74, 6) is 0. The van der Waals surface area contributed by atoms with Crippen LogP contribution in [0, 0.1) is 6.92 Å². The molecule has 0 spiro atoms. The molecule has 0 aliphatic heterocycles. The fraction of sp³-hybridized carbons (Fsp3) is 0.182. The minimum atomic E-state index is 0.497. The van der Waals surface area contributed by atoms with Crippen molar-refractivity contribution in [3.05, 3.63) is 42.0 Å². The molecule has 0 saturated heterocycles. The molecule has 4 nitrogen and oxygen atoms in total. The van der Waals surface area contributed by atoms with E-state index < -0.39 is 0 Å². The van der Waals surface area contributed by atoms with Crippen molar-refractivity contribution in [2.24, 2.45) is 5.73 Å². The maximum absolute atomic E-state index is 5.65. The summed E-state index contributed by atoms with van der Waals surface area (Å²) in [4.78, 5) is 13.5. The third-order valence-electron chi connectivity index (χ3n) is 2.05. The van der Waals surface area contributed by atoms with Gasteiger partial charge in [0, 0.05) is 36.2 Å². The summed E-state index contributed by atoms with van der Waals surface area (Å²) < 4.78 is 0. The maximum Gasteiger partial charge on any atom is 0.192 e. The Morgan fingerprint density at radius 1 is 1.25 bits per heavy atom. The topological polar surface area (TPSA) is 64.7 Å². The predicted molar refractivity (Wildman–Crippen MR) is 63.0 cm³/mol. The Morgan fingerprint density at radius 3 is 2.69 bits per heavy atom.